The maximum Gasteiger partial charge on any atom is 0.318 e. The number of hydrogen-bond donors (Lipinski definition) is 2. The summed E-state index contributed by atoms with van der Waals surface area (Å²) < 4.78 is 4.63. The van der Waals surface area contributed by atoms with Crippen LogP contribution in [-0.2, 0) is 19.1 Å². The predicted octanol–water partition coefficient (Wildman–Crippen LogP) is 1.08. The molecular weight excluding hydrogens is 346 g/mol. The van der Waals surface area contributed by atoms with E-state index >= 15 is 0 Å². The molecule has 1 amide bonds. The number of aliphatic carboxylic acids is 1. The van der Waals surface area contributed by atoms with Crippen LogP contribution in [0.15, 0.2) is 24.3 Å². The number of esters is 1. The van der Waals surface area contributed by atoms with Crippen LogP contribution in [0.3, 0.4) is 0 Å². The molecule has 1 aromatic carbocycles. The number of carbonyl (C=O) groups excluding carboxylic acids is 3. The smallest absolute Gasteiger partial charge is 0.318 e. The Kier molecular flexibility index (Phi) is 6.19. The number of rotatable bonds is 5. The number of ether oxygens (including phenoxy) is 1. The molecule has 3 atom stereocenters. The van der Waals surface area contributed by atoms with Gasteiger partial charge < -0.3 is 15.2 Å². The molecule has 2 aliphatic rings. The summed E-state index contributed by atoms with van der Waals surface area (Å²) in [5.41, 5.74) is 1.03. The third kappa shape index (κ3) is 4.60. The molecule has 0 saturated carbocycles. The van der Waals surface area contributed by atoms with Crippen LogP contribution in [-0.4, -0.2) is 53.4 Å². The van der Waals surface area contributed by atoms with Crippen molar-refractivity contribution in [1.82, 2.24) is 5.32 Å². The van der Waals surface area contributed by atoms with Crippen molar-refractivity contribution in [3.05, 3.63) is 35.4 Å². The zero-order valence-corrected chi connectivity index (χ0v) is 14.7. The van der Waals surface area contributed by atoms with E-state index in [9.17, 15) is 24.3 Å². The quantitative estimate of drug-likeness (QED) is 0.592. The minimum absolute atomic E-state index is 0.164. The van der Waals surface area contributed by atoms with Crippen LogP contribution in [0.1, 0.15) is 28.8 Å². The van der Waals surface area contributed by atoms with Crippen molar-refractivity contribution in [2.45, 2.75) is 18.1 Å². The molecule has 0 spiro atoms. The molecule has 0 radical (unpaired) electrons. The van der Waals surface area contributed by atoms with Crippen molar-refractivity contribution < 1.29 is 29.0 Å². The van der Waals surface area contributed by atoms with Crippen molar-refractivity contribution in [2.75, 3.05) is 19.4 Å². The molecule has 8 heteroatoms. The molecule has 1 aromatic rings. The number of hydrogen-bond acceptors (Lipinski definition) is 6. The highest BCUT2D eigenvalue weighted by Gasteiger charge is 2.43. The Labute approximate surface area is 149 Å². The van der Waals surface area contributed by atoms with Crippen LogP contribution in [0.5, 0.6) is 0 Å². The molecule has 1 saturated heterocycles. The Hall–Kier alpha value is -2.35. The van der Waals surface area contributed by atoms with Crippen LogP contribution in [0.4, 0.5) is 0 Å². The van der Waals surface area contributed by atoms with Crippen LogP contribution in [0, 0.1) is 5.92 Å². The van der Waals surface area contributed by atoms with Gasteiger partial charge in [-0.2, -0.15) is 0 Å². The van der Waals surface area contributed by atoms with Gasteiger partial charge in [-0.1, -0.05) is 24.3 Å². The molecule has 134 valence electrons. The number of methoxy groups -OCH3 is 1. The first-order valence-corrected chi connectivity index (χ1v) is 8.73. The summed E-state index contributed by atoms with van der Waals surface area (Å²) in [6.45, 7) is 2.28. The first kappa shape index (κ1) is 19.0. The van der Waals surface area contributed by atoms with Gasteiger partial charge >= 0.3 is 11.9 Å². The van der Waals surface area contributed by atoms with Gasteiger partial charge in [0.1, 0.15) is 0 Å². The van der Waals surface area contributed by atoms with Gasteiger partial charge in [-0.05, 0) is 12.5 Å². The number of carboxylic acids is 1. The van der Waals surface area contributed by atoms with E-state index in [0.717, 1.165) is 0 Å². The van der Waals surface area contributed by atoms with Gasteiger partial charge in [-0.3, -0.25) is 19.2 Å². The number of carboxylic acid groups (broad SMARTS) is 1. The highest BCUT2D eigenvalue weighted by atomic mass is 32.2. The molecule has 1 aliphatic carbocycles. The van der Waals surface area contributed by atoms with Crippen molar-refractivity contribution in [2.24, 2.45) is 5.92 Å². The van der Waals surface area contributed by atoms with Gasteiger partial charge in [0.15, 0.2) is 5.78 Å². The molecule has 25 heavy (non-hydrogen) atoms. The van der Waals surface area contributed by atoms with Crippen LogP contribution >= 0.6 is 11.8 Å². The number of benzene rings is 1. The molecule has 1 heterocycles. The van der Waals surface area contributed by atoms with Crippen LogP contribution in [0.2, 0.25) is 0 Å². The second-order valence-electron chi connectivity index (χ2n) is 5.65. The molecule has 7 nitrogen and oxygen atoms in total. The number of carbonyl (C=O) groups is 4. The highest BCUT2D eigenvalue weighted by molar-refractivity contribution is 8.00. The van der Waals surface area contributed by atoms with E-state index in [-0.39, 0.29) is 23.4 Å². The Morgan fingerprint density at radius 1 is 1.36 bits per heavy atom. The van der Waals surface area contributed by atoms with Gasteiger partial charge in [-0.15, -0.1) is 11.8 Å². The lowest BCUT2D eigenvalue weighted by molar-refractivity contribution is -0.140. The van der Waals surface area contributed by atoms with Gasteiger partial charge in [0, 0.05) is 17.2 Å². The molecule has 3 unspecified atom stereocenters. The fraction of sp³-hybridized carbons (Fsp3) is 0.412. The highest BCUT2D eigenvalue weighted by Crippen LogP contribution is 2.40. The second kappa shape index (κ2) is 8.15. The molecule has 0 aromatic heterocycles. The van der Waals surface area contributed by atoms with E-state index < -0.39 is 23.1 Å². The zero-order valence-electron chi connectivity index (χ0n) is 13.9. The van der Waals surface area contributed by atoms with Crippen molar-refractivity contribution >= 4 is 35.4 Å². The van der Waals surface area contributed by atoms with E-state index in [1.807, 2.05) is 0 Å². The van der Waals surface area contributed by atoms with Crippen molar-refractivity contribution in [3.63, 3.8) is 0 Å². The van der Waals surface area contributed by atoms with E-state index in [1.165, 1.54) is 18.9 Å². The Balaban J connectivity index is 0.000000493. The molecule has 1 fully saturated rings. The van der Waals surface area contributed by atoms with Crippen molar-refractivity contribution in [3.8, 4) is 0 Å². The minimum Gasteiger partial charge on any atom is -0.481 e. The van der Waals surface area contributed by atoms with Crippen LogP contribution < -0.4 is 5.32 Å². The molecule has 3 rings (SSSR count). The maximum atomic E-state index is 12.4. The zero-order chi connectivity index (χ0) is 18.6. The lowest BCUT2D eigenvalue weighted by Gasteiger charge is -2.16. The topological polar surface area (TPSA) is 120 Å². The SMILES string of the molecule is COC(=O)C(C)SCC1C(=O)c2ccccc2C1C(=O)O.O=C1CN1. The number of amides is 1. The first-order valence-electron chi connectivity index (χ1n) is 7.68. The third-order valence-corrected chi connectivity index (χ3v) is 5.19. The van der Waals surface area contributed by atoms with Gasteiger partial charge in [0.2, 0.25) is 5.91 Å². The summed E-state index contributed by atoms with van der Waals surface area (Å²) in [5, 5.41) is 11.4. The Bertz CT molecular complexity index is 698. The molecular formula is C17H19NO6S. The second-order valence-corrected chi connectivity index (χ2v) is 7.02. The maximum absolute atomic E-state index is 12.4. The average molecular weight is 365 g/mol. The summed E-state index contributed by atoms with van der Waals surface area (Å²) in [6, 6.07) is 6.79. The normalized spacial score (nSPS) is 21.4. The minimum atomic E-state index is -1.01. The molecule has 0 bridgehead atoms. The van der Waals surface area contributed by atoms with Crippen molar-refractivity contribution in [1.29, 1.82) is 0 Å². The number of nitrogens with one attached hydrogen (secondary N) is 1. The lowest BCUT2D eigenvalue weighted by Crippen LogP contribution is -2.25. The summed E-state index contributed by atoms with van der Waals surface area (Å²) in [6.07, 6.45) is 0. The van der Waals surface area contributed by atoms with E-state index in [0.29, 0.717) is 17.7 Å². The number of thioether (sulfide) groups is 1. The Morgan fingerprint density at radius 3 is 2.48 bits per heavy atom. The van der Waals surface area contributed by atoms with Gasteiger partial charge in [0.05, 0.1) is 24.8 Å². The van der Waals surface area contributed by atoms with Gasteiger partial charge in [0.25, 0.3) is 0 Å². The molecule has 2 N–H and O–H groups in total. The fourth-order valence-electron chi connectivity index (χ4n) is 2.56. The fourth-order valence-corrected chi connectivity index (χ4v) is 3.63. The summed E-state index contributed by atoms with van der Waals surface area (Å²) in [4.78, 5) is 44.7. The largest absolute Gasteiger partial charge is 0.481 e. The number of fused-ring (bicyclic) bond motifs is 1. The molecule has 1 aliphatic heterocycles. The summed E-state index contributed by atoms with van der Waals surface area (Å²) >= 11 is 1.24. The number of Topliss-reactive ketones (excluding diaryl/α,β-unsaturated/α-hetero) is 1. The van der Waals surface area contributed by atoms with E-state index in [1.54, 1.807) is 31.2 Å². The first-order chi connectivity index (χ1) is 11.9. The Morgan fingerprint density at radius 2 is 1.96 bits per heavy atom. The third-order valence-electron chi connectivity index (χ3n) is 3.95. The monoisotopic (exact) mass is 365 g/mol. The average Bonchev–Trinajstić information content (AvgIpc) is 3.33. The summed E-state index contributed by atoms with van der Waals surface area (Å²) in [5.74, 6) is -2.59. The van der Waals surface area contributed by atoms with Crippen LogP contribution in [0.25, 0.3) is 0 Å². The van der Waals surface area contributed by atoms with E-state index in [2.05, 4.69) is 10.1 Å². The predicted molar refractivity (Wildman–Crippen MR) is 91.6 cm³/mol. The van der Waals surface area contributed by atoms with E-state index in [4.69, 9.17) is 0 Å². The standard InChI is InChI=1S/C15H16O5S.C2H3NO/c1-8(15(19)20-2)21-7-11-12(14(17)18)9-5-3-4-6-10(9)13(11)16;4-2-1-3-2/h3-6,8,11-12H,7H2,1-2H3,(H,17,18);1H2,(H,3,4). The summed E-state index contributed by atoms with van der Waals surface area (Å²) in [7, 11) is 1.30. The lowest BCUT2D eigenvalue weighted by atomic mass is 9.94. The van der Waals surface area contributed by atoms with Gasteiger partial charge in [-0.25, -0.2) is 0 Å². The number of ketones is 1.